The normalized spacial score (nSPS) is 16.9. The van der Waals surface area contributed by atoms with Gasteiger partial charge in [0, 0.05) is 24.5 Å². The molecule has 7 heteroatoms. The van der Waals surface area contributed by atoms with Crippen LogP contribution in [-0.2, 0) is 6.42 Å². The number of likely N-dealkylation sites (tertiary alicyclic amines) is 1. The lowest BCUT2D eigenvalue weighted by Crippen LogP contribution is -2.31. The van der Waals surface area contributed by atoms with Crippen molar-refractivity contribution in [2.75, 3.05) is 6.54 Å². The number of amides is 1. The zero-order chi connectivity index (χ0) is 19.0. The minimum Gasteiger partial charge on any atom is -0.361 e. The third-order valence-corrected chi connectivity index (χ3v) is 5.31. The summed E-state index contributed by atoms with van der Waals surface area (Å²) in [4.78, 5) is 19.4. The molecule has 1 amide bonds. The van der Waals surface area contributed by atoms with Crippen LogP contribution >= 0.6 is 0 Å². The fourth-order valence-electron chi connectivity index (χ4n) is 3.93. The topological polar surface area (TPSA) is 87.9 Å². The Kier molecular flexibility index (Phi) is 4.51. The van der Waals surface area contributed by atoms with Gasteiger partial charge in [0.15, 0.2) is 0 Å². The van der Waals surface area contributed by atoms with Gasteiger partial charge in [-0.1, -0.05) is 12.1 Å². The Morgan fingerprint density at radius 2 is 2.19 bits per heavy atom. The van der Waals surface area contributed by atoms with Crippen LogP contribution in [0.1, 0.15) is 58.9 Å². The molecule has 1 aliphatic heterocycles. The second-order valence-electron chi connectivity index (χ2n) is 6.96. The summed E-state index contributed by atoms with van der Waals surface area (Å²) in [5.74, 6) is 0.567. The van der Waals surface area contributed by atoms with E-state index in [1.165, 1.54) is 0 Å². The number of aromatic amines is 1. The molecule has 4 rings (SSSR count). The number of aromatic nitrogens is 4. The van der Waals surface area contributed by atoms with Crippen molar-refractivity contribution in [2.24, 2.45) is 0 Å². The molecule has 0 aliphatic carbocycles. The Labute approximate surface area is 157 Å². The highest BCUT2D eigenvalue weighted by atomic mass is 16.5. The molecule has 4 heterocycles. The van der Waals surface area contributed by atoms with Crippen LogP contribution in [0.15, 0.2) is 29.2 Å². The van der Waals surface area contributed by atoms with E-state index < -0.39 is 0 Å². The first-order valence-corrected chi connectivity index (χ1v) is 9.32. The minimum atomic E-state index is -0.0402. The van der Waals surface area contributed by atoms with Crippen molar-refractivity contribution in [2.45, 2.75) is 46.1 Å². The molecule has 1 atom stereocenters. The van der Waals surface area contributed by atoms with Gasteiger partial charge in [-0.25, -0.2) is 0 Å². The van der Waals surface area contributed by atoms with Crippen LogP contribution in [0.5, 0.6) is 0 Å². The molecule has 1 fully saturated rings. The van der Waals surface area contributed by atoms with Gasteiger partial charge in [-0.2, -0.15) is 5.10 Å². The van der Waals surface area contributed by atoms with Crippen LogP contribution in [0.2, 0.25) is 0 Å². The summed E-state index contributed by atoms with van der Waals surface area (Å²) in [6.45, 7) is 6.52. The standard InChI is InChI=1S/C20H23N5O2/c1-4-16-18(13(3)27-24-16)20(26)25-9-5-6-17(25)19-15(11-22-23-19)14-7-8-21-10-12(14)2/h7-8,10-11,17H,4-6,9H2,1-3H3,(H,22,23). The third-order valence-electron chi connectivity index (χ3n) is 5.31. The molecule has 0 saturated carbocycles. The summed E-state index contributed by atoms with van der Waals surface area (Å²) < 4.78 is 5.28. The molecule has 7 nitrogen and oxygen atoms in total. The van der Waals surface area contributed by atoms with Gasteiger partial charge < -0.3 is 9.42 Å². The van der Waals surface area contributed by atoms with Gasteiger partial charge in [-0.3, -0.25) is 14.9 Å². The smallest absolute Gasteiger partial charge is 0.259 e. The molecule has 27 heavy (non-hydrogen) atoms. The van der Waals surface area contributed by atoms with Crippen LogP contribution < -0.4 is 0 Å². The van der Waals surface area contributed by atoms with Gasteiger partial charge >= 0.3 is 0 Å². The van der Waals surface area contributed by atoms with E-state index in [1.807, 2.05) is 37.2 Å². The van der Waals surface area contributed by atoms with Gasteiger partial charge in [0.2, 0.25) is 0 Å². The van der Waals surface area contributed by atoms with Crippen LogP contribution in [0, 0.1) is 13.8 Å². The van der Waals surface area contributed by atoms with E-state index in [0.717, 1.165) is 40.9 Å². The molecule has 1 N–H and O–H groups in total. The van der Waals surface area contributed by atoms with E-state index in [1.54, 1.807) is 13.1 Å². The van der Waals surface area contributed by atoms with Gasteiger partial charge in [0.25, 0.3) is 5.91 Å². The molecule has 0 bridgehead atoms. The molecule has 0 aromatic carbocycles. The quantitative estimate of drug-likeness (QED) is 0.763. The van der Waals surface area contributed by atoms with E-state index in [0.29, 0.717) is 24.3 Å². The number of nitrogens with zero attached hydrogens (tertiary/aromatic N) is 4. The Morgan fingerprint density at radius 1 is 1.33 bits per heavy atom. The number of carbonyl (C=O) groups excluding carboxylic acids is 1. The van der Waals surface area contributed by atoms with Crippen molar-refractivity contribution in [3.8, 4) is 11.1 Å². The first kappa shape index (κ1) is 17.5. The molecule has 3 aromatic heterocycles. The lowest BCUT2D eigenvalue weighted by atomic mass is 9.98. The maximum atomic E-state index is 13.3. The fourth-order valence-corrected chi connectivity index (χ4v) is 3.93. The van der Waals surface area contributed by atoms with Crippen molar-refractivity contribution >= 4 is 5.91 Å². The molecule has 140 valence electrons. The van der Waals surface area contributed by atoms with Crippen molar-refractivity contribution in [3.63, 3.8) is 0 Å². The van der Waals surface area contributed by atoms with Gasteiger partial charge in [0.1, 0.15) is 11.3 Å². The zero-order valence-corrected chi connectivity index (χ0v) is 15.8. The fraction of sp³-hybridized carbons (Fsp3) is 0.400. The van der Waals surface area contributed by atoms with Crippen LogP contribution in [0.4, 0.5) is 0 Å². The molecule has 1 aliphatic rings. The van der Waals surface area contributed by atoms with Crippen molar-refractivity contribution in [1.82, 2.24) is 25.2 Å². The van der Waals surface area contributed by atoms with Crippen molar-refractivity contribution in [1.29, 1.82) is 0 Å². The van der Waals surface area contributed by atoms with Gasteiger partial charge in [-0.15, -0.1) is 0 Å². The number of H-pyrrole nitrogens is 1. The number of hydrogen-bond acceptors (Lipinski definition) is 5. The lowest BCUT2D eigenvalue weighted by molar-refractivity contribution is 0.0730. The molecule has 3 aromatic rings. The maximum absolute atomic E-state index is 13.3. The van der Waals surface area contributed by atoms with Crippen LogP contribution in [-0.4, -0.2) is 37.7 Å². The highest BCUT2D eigenvalue weighted by Gasteiger charge is 2.36. The predicted octanol–water partition coefficient (Wildman–Crippen LogP) is 3.62. The zero-order valence-electron chi connectivity index (χ0n) is 15.8. The summed E-state index contributed by atoms with van der Waals surface area (Å²) >= 11 is 0. The Balaban J connectivity index is 1.71. The molecule has 1 unspecified atom stereocenters. The Hall–Kier alpha value is -2.96. The summed E-state index contributed by atoms with van der Waals surface area (Å²) in [6.07, 6.45) is 7.98. The van der Waals surface area contributed by atoms with E-state index >= 15 is 0 Å². The number of hydrogen-bond donors (Lipinski definition) is 1. The molecule has 1 saturated heterocycles. The van der Waals surface area contributed by atoms with Crippen LogP contribution in [0.25, 0.3) is 11.1 Å². The third kappa shape index (κ3) is 2.93. The summed E-state index contributed by atoms with van der Waals surface area (Å²) in [5.41, 5.74) is 5.49. The van der Waals surface area contributed by atoms with Crippen LogP contribution in [0.3, 0.4) is 0 Å². The highest BCUT2D eigenvalue weighted by molar-refractivity contribution is 5.96. The van der Waals surface area contributed by atoms with E-state index in [2.05, 4.69) is 20.3 Å². The minimum absolute atomic E-state index is 0.0138. The molecular formula is C20H23N5O2. The number of aryl methyl sites for hydroxylation is 3. The second-order valence-corrected chi connectivity index (χ2v) is 6.96. The number of nitrogens with one attached hydrogen (secondary N) is 1. The van der Waals surface area contributed by atoms with E-state index in [9.17, 15) is 4.79 Å². The second kappa shape index (κ2) is 6.98. The number of rotatable bonds is 4. The first-order valence-electron chi connectivity index (χ1n) is 9.32. The number of pyridine rings is 1. The summed E-state index contributed by atoms with van der Waals surface area (Å²) in [6, 6.07) is 1.95. The Bertz CT molecular complexity index is 974. The predicted molar refractivity (Wildman–Crippen MR) is 100 cm³/mol. The maximum Gasteiger partial charge on any atom is 0.259 e. The lowest BCUT2D eigenvalue weighted by Gasteiger charge is -2.25. The van der Waals surface area contributed by atoms with Gasteiger partial charge in [-0.05, 0) is 50.3 Å². The Morgan fingerprint density at radius 3 is 2.96 bits per heavy atom. The van der Waals surface area contributed by atoms with Crippen molar-refractivity contribution < 1.29 is 9.32 Å². The van der Waals surface area contributed by atoms with E-state index in [-0.39, 0.29) is 11.9 Å². The van der Waals surface area contributed by atoms with Crippen molar-refractivity contribution in [3.05, 3.63) is 52.9 Å². The summed E-state index contributed by atoms with van der Waals surface area (Å²) in [7, 11) is 0. The molecule has 0 spiro atoms. The first-order chi connectivity index (χ1) is 13.1. The molecule has 0 radical (unpaired) electrons. The average molecular weight is 365 g/mol. The largest absolute Gasteiger partial charge is 0.361 e. The molecular weight excluding hydrogens is 342 g/mol. The monoisotopic (exact) mass is 365 g/mol. The van der Waals surface area contributed by atoms with Gasteiger partial charge in [0.05, 0.1) is 23.6 Å². The SMILES string of the molecule is CCc1noc(C)c1C(=O)N1CCCC1c1[nH]ncc1-c1ccncc1C. The average Bonchev–Trinajstić information content (AvgIpc) is 3.40. The van der Waals surface area contributed by atoms with E-state index in [4.69, 9.17) is 4.52 Å². The number of carbonyl (C=O) groups is 1. The summed E-state index contributed by atoms with van der Waals surface area (Å²) in [5, 5.41) is 11.5. The highest BCUT2D eigenvalue weighted by Crippen LogP contribution is 2.38.